The summed E-state index contributed by atoms with van der Waals surface area (Å²) in [5.74, 6) is 0.545. The molecule has 1 fully saturated rings. The molecule has 1 unspecified atom stereocenters. The van der Waals surface area contributed by atoms with Gasteiger partial charge in [0, 0.05) is 20.2 Å². The van der Waals surface area contributed by atoms with Crippen molar-refractivity contribution in [3.63, 3.8) is 0 Å². The van der Waals surface area contributed by atoms with Crippen molar-refractivity contribution in [1.82, 2.24) is 4.90 Å². The van der Waals surface area contributed by atoms with Crippen molar-refractivity contribution in [2.45, 2.75) is 38.6 Å². The Morgan fingerprint density at radius 3 is 2.94 bits per heavy atom. The van der Waals surface area contributed by atoms with E-state index in [0.29, 0.717) is 5.92 Å². The van der Waals surface area contributed by atoms with Gasteiger partial charge in [-0.15, -0.1) is 0 Å². The van der Waals surface area contributed by atoms with E-state index in [1.807, 2.05) is 14.0 Å². The molecular weight excluding hydrogens is 204 g/mol. The number of carbonyl (C=O) groups excluding carboxylic acids is 1. The number of carbonyl (C=O) groups is 1. The van der Waals surface area contributed by atoms with E-state index in [-0.39, 0.29) is 11.9 Å². The maximum absolute atomic E-state index is 11.9. The van der Waals surface area contributed by atoms with Crippen molar-refractivity contribution in [1.29, 1.82) is 0 Å². The topological polar surface area (TPSA) is 55.6 Å². The van der Waals surface area contributed by atoms with Gasteiger partial charge in [-0.05, 0) is 25.2 Å². The van der Waals surface area contributed by atoms with Crippen LogP contribution in [0.25, 0.3) is 0 Å². The lowest BCUT2D eigenvalue weighted by Crippen LogP contribution is -2.44. The molecule has 1 heterocycles. The largest absolute Gasteiger partial charge is 0.381 e. The summed E-state index contributed by atoms with van der Waals surface area (Å²) in [6.07, 6.45) is 3.98. The number of hydrogen-bond donors (Lipinski definition) is 1. The number of likely N-dealkylation sites (N-methyl/N-ethyl adjacent to an activating group) is 1. The highest BCUT2D eigenvalue weighted by Crippen LogP contribution is 2.14. The molecule has 0 bridgehead atoms. The lowest BCUT2D eigenvalue weighted by Gasteiger charge is -2.28. The molecule has 1 rings (SSSR count). The molecule has 0 aromatic heterocycles. The third-order valence-corrected chi connectivity index (χ3v) is 3.08. The summed E-state index contributed by atoms with van der Waals surface area (Å²) >= 11 is 0. The molecule has 0 spiro atoms. The molecule has 0 radical (unpaired) electrons. The van der Waals surface area contributed by atoms with E-state index in [1.165, 1.54) is 0 Å². The summed E-state index contributed by atoms with van der Waals surface area (Å²) in [6, 6.07) is -0.334. The van der Waals surface area contributed by atoms with Crippen molar-refractivity contribution >= 4 is 5.91 Å². The van der Waals surface area contributed by atoms with Crippen LogP contribution in [-0.2, 0) is 9.53 Å². The van der Waals surface area contributed by atoms with Gasteiger partial charge in [-0.25, -0.2) is 0 Å². The van der Waals surface area contributed by atoms with Crippen LogP contribution < -0.4 is 5.73 Å². The Bertz CT molecular complexity index is 215. The van der Waals surface area contributed by atoms with Gasteiger partial charge in [0.15, 0.2) is 0 Å². The van der Waals surface area contributed by atoms with Crippen molar-refractivity contribution < 1.29 is 9.53 Å². The van der Waals surface area contributed by atoms with Crippen molar-refractivity contribution in [3.05, 3.63) is 0 Å². The summed E-state index contributed by atoms with van der Waals surface area (Å²) in [5, 5.41) is 0. The number of amides is 1. The zero-order valence-electron chi connectivity index (χ0n) is 10.4. The third kappa shape index (κ3) is 4.10. The predicted molar refractivity (Wildman–Crippen MR) is 64.1 cm³/mol. The Labute approximate surface area is 98.1 Å². The van der Waals surface area contributed by atoms with Crippen LogP contribution in [0.4, 0.5) is 0 Å². The van der Waals surface area contributed by atoms with Crippen LogP contribution in [-0.4, -0.2) is 43.7 Å². The zero-order valence-corrected chi connectivity index (χ0v) is 10.4. The molecule has 4 nitrogen and oxygen atoms in total. The summed E-state index contributed by atoms with van der Waals surface area (Å²) in [7, 11) is 1.84. The molecule has 16 heavy (non-hydrogen) atoms. The molecule has 0 aromatic rings. The average molecular weight is 228 g/mol. The van der Waals surface area contributed by atoms with Gasteiger partial charge >= 0.3 is 0 Å². The first-order chi connectivity index (χ1) is 7.65. The molecule has 94 valence electrons. The molecule has 2 N–H and O–H groups in total. The number of ether oxygens (including phenoxy) is 1. The van der Waals surface area contributed by atoms with Crippen LogP contribution in [0.1, 0.15) is 32.6 Å². The van der Waals surface area contributed by atoms with Crippen molar-refractivity contribution in [2.75, 3.05) is 26.8 Å². The Kier molecular flexibility index (Phi) is 5.77. The summed E-state index contributed by atoms with van der Waals surface area (Å²) in [5.41, 5.74) is 5.81. The predicted octanol–water partition coefficient (Wildman–Crippen LogP) is 0.999. The van der Waals surface area contributed by atoms with Crippen LogP contribution in [0.2, 0.25) is 0 Å². The fourth-order valence-corrected chi connectivity index (χ4v) is 2.15. The summed E-state index contributed by atoms with van der Waals surface area (Å²) < 4.78 is 5.40. The number of nitrogens with zero attached hydrogens (tertiary/aromatic N) is 1. The molecule has 1 aliphatic rings. The normalized spacial score (nSPS) is 22.8. The first-order valence-electron chi connectivity index (χ1n) is 6.23. The van der Waals surface area contributed by atoms with E-state index in [2.05, 4.69) is 0 Å². The molecular formula is C12H24N2O2. The van der Waals surface area contributed by atoms with Crippen LogP contribution >= 0.6 is 0 Å². The average Bonchev–Trinajstić information content (AvgIpc) is 2.29. The van der Waals surface area contributed by atoms with E-state index in [4.69, 9.17) is 10.5 Å². The fourth-order valence-electron chi connectivity index (χ4n) is 2.15. The molecule has 0 aliphatic carbocycles. The smallest absolute Gasteiger partial charge is 0.239 e. The number of nitrogens with two attached hydrogens (primary N) is 1. The van der Waals surface area contributed by atoms with Crippen LogP contribution in [0, 0.1) is 5.92 Å². The van der Waals surface area contributed by atoms with E-state index >= 15 is 0 Å². The monoisotopic (exact) mass is 228 g/mol. The highest BCUT2D eigenvalue weighted by atomic mass is 16.5. The van der Waals surface area contributed by atoms with Crippen LogP contribution in [0.5, 0.6) is 0 Å². The minimum atomic E-state index is -0.334. The lowest BCUT2D eigenvalue weighted by molar-refractivity contribution is -0.132. The van der Waals surface area contributed by atoms with Gasteiger partial charge in [0.25, 0.3) is 0 Å². The number of hydrogen-bond acceptors (Lipinski definition) is 3. The first kappa shape index (κ1) is 13.5. The van der Waals surface area contributed by atoms with Gasteiger partial charge in [-0.2, -0.15) is 0 Å². The number of rotatable bonds is 5. The third-order valence-electron chi connectivity index (χ3n) is 3.08. The van der Waals surface area contributed by atoms with Gasteiger partial charge in [0.1, 0.15) is 0 Å². The molecule has 0 aromatic carbocycles. The summed E-state index contributed by atoms with van der Waals surface area (Å²) in [6.45, 7) is 4.46. The van der Waals surface area contributed by atoms with Gasteiger partial charge in [-0.1, -0.05) is 13.3 Å². The van der Waals surface area contributed by atoms with Crippen LogP contribution in [0.15, 0.2) is 0 Å². The van der Waals surface area contributed by atoms with Gasteiger partial charge in [0.2, 0.25) is 5.91 Å². The van der Waals surface area contributed by atoms with E-state index in [9.17, 15) is 4.79 Å². The highest BCUT2D eigenvalue weighted by Gasteiger charge is 2.21. The zero-order chi connectivity index (χ0) is 12.0. The van der Waals surface area contributed by atoms with Crippen molar-refractivity contribution in [2.24, 2.45) is 11.7 Å². The van der Waals surface area contributed by atoms with Gasteiger partial charge < -0.3 is 15.4 Å². The first-order valence-corrected chi connectivity index (χ1v) is 6.23. The Balaban J connectivity index is 2.32. The second kappa shape index (κ2) is 6.86. The Hall–Kier alpha value is -0.610. The molecule has 2 atom stereocenters. The summed E-state index contributed by atoms with van der Waals surface area (Å²) in [4.78, 5) is 13.6. The molecule has 1 amide bonds. The Morgan fingerprint density at radius 2 is 2.38 bits per heavy atom. The van der Waals surface area contributed by atoms with E-state index in [1.54, 1.807) is 4.90 Å². The minimum Gasteiger partial charge on any atom is -0.381 e. The van der Waals surface area contributed by atoms with E-state index < -0.39 is 0 Å². The van der Waals surface area contributed by atoms with E-state index in [0.717, 1.165) is 45.4 Å². The second-order valence-corrected chi connectivity index (χ2v) is 4.70. The van der Waals surface area contributed by atoms with Crippen LogP contribution in [0.3, 0.4) is 0 Å². The highest BCUT2D eigenvalue weighted by molar-refractivity contribution is 5.81. The SMILES string of the molecule is CCC[C@@H](N)C(=O)N(C)CC1CCCOC1. The van der Waals surface area contributed by atoms with Gasteiger partial charge in [-0.3, -0.25) is 4.79 Å². The minimum absolute atomic E-state index is 0.0624. The van der Waals surface area contributed by atoms with Gasteiger partial charge in [0.05, 0.1) is 12.6 Å². The molecule has 1 saturated heterocycles. The quantitative estimate of drug-likeness (QED) is 0.763. The maximum Gasteiger partial charge on any atom is 0.239 e. The standard InChI is InChI=1S/C12H24N2O2/c1-3-5-11(13)12(15)14(2)8-10-6-4-7-16-9-10/h10-11H,3-9,13H2,1-2H3/t10?,11-/m1/s1. The lowest BCUT2D eigenvalue weighted by atomic mass is 10.0. The second-order valence-electron chi connectivity index (χ2n) is 4.70. The molecule has 1 aliphatic heterocycles. The molecule has 4 heteroatoms. The Morgan fingerprint density at radius 1 is 1.62 bits per heavy atom. The maximum atomic E-state index is 11.9. The fraction of sp³-hybridized carbons (Fsp3) is 0.917. The molecule has 0 saturated carbocycles. The van der Waals surface area contributed by atoms with Crippen molar-refractivity contribution in [3.8, 4) is 0 Å².